The molecule has 0 aromatic carbocycles. The Kier molecular flexibility index (Phi) is 9.18. The highest BCUT2D eigenvalue weighted by molar-refractivity contribution is 8.23. The van der Waals surface area contributed by atoms with Gasteiger partial charge >= 0.3 is 11.9 Å². The number of β-lactam (4-membered cyclic amide) rings is 1. The van der Waals surface area contributed by atoms with Crippen molar-refractivity contribution in [3.8, 4) is 0 Å². The van der Waals surface area contributed by atoms with Crippen LogP contribution >= 0.6 is 23.5 Å². The zero-order chi connectivity index (χ0) is 27.1. The van der Waals surface area contributed by atoms with Crippen molar-refractivity contribution in [3.63, 3.8) is 0 Å². The molecule has 8 nitrogen and oxygen atoms in total. The third kappa shape index (κ3) is 6.59. The maximum atomic E-state index is 13.1. The van der Waals surface area contributed by atoms with E-state index in [1.807, 2.05) is 0 Å². The first-order chi connectivity index (χ1) is 16.5. The van der Waals surface area contributed by atoms with Gasteiger partial charge in [0, 0.05) is 34.2 Å². The molecule has 0 N–H and O–H groups in total. The van der Waals surface area contributed by atoms with Crippen LogP contribution in [0, 0.1) is 11.3 Å². The molecule has 2 saturated heterocycles. The van der Waals surface area contributed by atoms with Crippen LogP contribution in [0.4, 0.5) is 0 Å². The van der Waals surface area contributed by atoms with Crippen LogP contribution in [0.5, 0.6) is 0 Å². The van der Waals surface area contributed by atoms with Crippen molar-refractivity contribution in [3.05, 3.63) is 9.93 Å². The van der Waals surface area contributed by atoms with E-state index in [0.29, 0.717) is 24.5 Å². The second kappa shape index (κ2) is 11.1. The number of amides is 1. The Balaban J connectivity index is 1.67. The predicted octanol–water partition coefficient (Wildman–Crippen LogP) is 4.44. The summed E-state index contributed by atoms with van der Waals surface area (Å²) in [4.78, 5) is 39.7. The van der Waals surface area contributed by atoms with Crippen LogP contribution in [-0.4, -0.2) is 70.8 Å². The van der Waals surface area contributed by atoms with Crippen molar-refractivity contribution in [1.82, 2.24) is 4.90 Å². The number of thioether (sulfide) groups is 2. The van der Waals surface area contributed by atoms with Crippen molar-refractivity contribution in [2.75, 3.05) is 24.9 Å². The molecule has 0 saturated carbocycles. The van der Waals surface area contributed by atoms with Crippen molar-refractivity contribution >= 4 is 60.5 Å². The Morgan fingerprint density at radius 3 is 2.39 bits per heavy atom. The van der Waals surface area contributed by atoms with E-state index >= 15 is 0 Å². The minimum absolute atomic E-state index is 0.0882. The number of esters is 2. The SMILES string of the molecule is CC(C)(C)C(=O)OCOC(=O)C1=C(S[C@H]2CC[S@@](=O)C2)S[C@@H]2[C@@H](CCO[Si](C)(C)C(C)(C)C)C(=O)N12. The van der Waals surface area contributed by atoms with Crippen LogP contribution < -0.4 is 0 Å². The first-order valence-corrected chi connectivity index (χ1v) is 18.4. The topological polar surface area (TPSA) is 99.2 Å². The molecule has 2 fully saturated rings. The molecule has 3 aliphatic rings. The molecule has 3 rings (SSSR count). The molecule has 0 aromatic rings. The minimum Gasteiger partial charge on any atom is -0.427 e. The highest BCUT2D eigenvalue weighted by Gasteiger charge is 2.56. The Labute approximate surface area is 226 Å². The second-order valence-corrected chi connectivity index (χ2v) is 21.1. The van der Waals surface area contributed by atoms with E-state index < -0.39 is 43.3 Å². The maximum Gasteiger partial charge on any atom is 0.359 e. The highest BCUT2D eigenvalue weighted by atomic mass is 32.2. The van der Waals surface area contributed by atoms with E-state index in [4.69, 9.17) is 13.9 Å². The average molecular weight is 578 g/mol. The lowest BCUT2D eigenvalue weighted by molar-refractivity contribution is -0.173. The van der Waals surface area contributed by atoms with Gasteiger partial charge in [0.1, 0.15) is 0 Å². The van der Waals surface area contributed by atoms with Gasteiger partial charge in [0.25, 0.3) is 0 Å². The molecule has 0 radical (unpaired) electrons. The molecular formula is C24H39NO7S3Si. The summed E-state index contributed by atoms with van der Waals surface area (Å²) in [6.45, 7) is 16.1. The second-order valence-electron chi connectivity index (χ2n) is 11.9. The Morgan fingerprint density at radius 2 is 1.83 bits per heavy atom. The van der Waals surface area contributed by atoms with Crippen molar-refractivity contribution in [2.45, 2.75) is 83.1 Å². The molecule has 0 aromatic heterocycles. The quantitative estimate of drug-likeness (QED) is 0.170. The fourth-order valence-corrected chi connectivity index (χ4v) is 9.89. The van der Waals surface area contributed by atoms with Gasteiger partial charge in [0.15, 0.2) is 14.0 Å². The van der Waals surface area contributed by atoms with Gasteiger partial charge in [-0.1, -0.05) is 32.5 Å². The predicted molar refractivity (Wildman–Crippen MR) is 147 cm³/mol. The van der Waals surface area contributed by atoms with Crippen LogP contribution in [0.1, 0.15) is 54.4 Å². The van der Waals surface area contributed by atoms with Gasteiger partial charge in [-0.05, 0) is 51.7 Å². The normalized spacial score (nSPS) is 26.7. The number of carbonyl (C=O) groups excluding carboxylic acids is 3. The number of hydrogen-bond acceptors (Lipinski definition) is 9. The van der Waals surface area contributed by atoms with Gasteiger partial charge in [-0.3, -0.25) is 18.7 Å². The first-order valence-electron chi connectivity index (χ1n) is 12.3. The minimum atomic E-state index is -1.92. The lowest BCUT2D eigenvalue weighted by Gasteiger charge is -2.43. The van der Waals surface area contributed by atoms with Crippen LogP contribution in [0.25, 0.3) is 0 Å². The van der Waals surface area contributed by atoms with E-state index in [1.54, 1.807) is 20.8 Å². The van der Waals surface area contributed by atoms with Gasteiger partial charge in [0.2, 0.25) is 12.7 Å². The summed E-state index contributed by atoms with van der Waals surface area (Å²) in [5.41, 5.74) is -0.502. The van der Waals surface area contributed by atoms with E-state index in [1.165, 1.54) is 28.4 Å². The van der Waals surface area contributed by atoms with Crippen LogP contribution in [0.2, 0.25) is 18.1 Å². The van der Waals surface area contributed by atoms with Gasteiger partial charge in [-0.15, -0.1) is 11.8 Å². The molecule has 1 amide bonds. The molecule has 12 heteroatoms. The fraction of sp³-hybridized carbons (Fsp3) is 0.792. The maximum absolute atomic E-state index is 13.1. The third-order valence-corrected chi connectivity index (χ3v) is 16.1. The molecular weight excluding hydrogens is 539 g/mol. The lowest BCUT2D eigenvalue weighted by atomic mass is 9.94. The molecule has 0 bridgehead atoms. The molecule has 0 aliphatic carbocycles. The van der Waals surface area contributed by atoms with Crippen LogP contribution in [-0.2, 0) is 39.1 Å². The van der Waals surface area contributed by atoms with E-state index in [2.05, 4.69) is 33.9 Å². The fourth-order valence-electron chi connectivity index (χ4n) is 3.65. The lowest BCUT2D eigenvalue weighted by Crippen LogP contribution is -2.57. The zero-order valence-electron chi connectivity index (χ0n) is 22.5. The summed E-state index contributed by atoms with van der Waals surface area (Å²) in [6.07, 6.45) is 1.39. The Bertz CT molecular complexity index is 954. The monoisotopic (exact) mass is 577 g/mol. The third-order valence-electron chi connectivity index (χ3n) is 7.01. The van der Waals surface area contributed by atoms with Gasteiger partial charge < -0.3 is 13.9 Å². The van der Waals surface area contributed by atoms with Crippen molar-refractivity contribution in [2.24, 2.45) is 11.3 Å². The first kappa shape index (κ1) is 29.7. The number of ether oxygens (including phenoxy) is 2. The molecule has 3 aliphatic heterocycles. The largest absolute Gasteiger partial charge is 0.427 e. The van der Waals surface area contributed by atoms with Gasteiger partial charge in [-0.25, -0.2) is 4.79 Å². The van der Waals surface area contributed by atoms with Crippen molar-refractivity contribution < 1.29 is 32.5 Å². The highest BCUT2D eigenvalue weighted by Crippen LogP contribution is 2.55. The zero-order valence-corrected chi connectivity index (χ0v) is 26.0. The smallest absolute Gasteiger partial charge is 0.359 e. The summed E-state index contributed by atoms with van der Waals surface area (Å²) in [6, 6.07) is 0. The standard InChI is InChI=1S/C24H39NO7S3Si/c1-23(2,3)22(28)31-14-30-20(27)17-21(33-15-10-12-35(29)13-15)34-19-16(18(26)25(17)19)9-11-32-36(7,8)24(4,5)6/h15-16,19H,9-14H2,1-8H3/t15-,16-,19+,35+/m0/s1. The van der Waals surface area contributed by atoms with Crippen molar-refractivity contribution in [1.29, 1.82) is 0 Å². The molecule has 204 valence electrons. The molecule has 4 atom stereocenters. The summed E-state index contributed by atoms with van der Waals surface area (Å²) in [7, 11) is -2.77. The van der Waals surface area contributed by atoms with E-state index in [0.717, 1.165) is 10.7 Å². The molecule has 3 heterocycles. The average Bonchev–Trinajstić information content (AvgIpc) is 3.30. The van der Waals surface area contributed by atoms with Gasteiger partial charge in [-0.2, -0.15) is 0 Å². The summed E-state index contributed by atoms with van der Waals surface area (Å²) in [5, 5.41) is 0.0313. The van der Waals surface area contributed by atoms with Crippen LogP contribution in [0.3, 0.4) is 0 Å². The number of hydrogen-bond donors (Lipinski definition) is 0. The van der Waals surface area contributed by atoms with E-state index in [9.17, 15) is 18.6 Å². The summed E-state index contributed by atoms with van der Waals surface area (Å²) >= 11 is 3.00. The molecule has 0 unspecified atom stereocenters. The molecule has 0 spiro atoms. The summed E-state index contributed by atoms with van der Waals surface area (Å²) in [5.74, 6) is -0.293. The number of carbonyl (C=O) groups is 3. The number of rotatable bonds is 9. The Hall–Kier alpha value is -0.823. The van der Waals surface area contributed by atoms with E-state index in [-0.39, 0.29) is 33.2 Å². The number of fused-ring (bicyclic) bond motifs is 1. The van der Waals surface area contributed by atoms with Crippen LogP contribution in [0.15, 0.2) is 9.93 Å². The Morgan fingerprint density at radius 1 is 1.17 bits per heavy atom. The number of nitrogens with zero attached hydrogens (tertiary/aromatic N) is 1. The molecule has 36 heavy (non-hydrogen) atoms. The van der Waals surface area contributed by atoms with Gasteiger partial charge in [0.05, 0.1) is 20.9 Å². The summed E-state index contributed by atoms with van der Waals surface area (Å²) < 4.78 is 29.3.